The number of thioether (sulfide) groups is 1. The van der Waals surface area contributed by atoms with Crippen LogP contribution in [0.25, 0.3) is 5.69 Å². The molecule has 8 heteroatoms. The van der Waals surface area contributed by atoms with E-state index in [2.05, 4.69) is 35.8 Å². The maximum atomic E-state index is 13.7. The molecule has 2 aliphatic rings. The maximum Gasteiger partial charge on any atom is 0.259 e. The number of benzene rings is 1. The minimum absolute atomic E-state index is 0.110. The van der Waals surface area contributed by atoms with Crippen molar-refractivity contribution >= 4 is 35.4 Å². The summed E-state index contributed by atoms with van der Waals surface area (Å²) in [6.45, 7) is 5.87. The molecule has 1 unspecified atom stereocenters. The Labute approximate surface area is 200 Å². The number of nitrogens with zero attached hydrogens (tertiary/aromatic N) is 3. The molecule has 2 amide bonds. The van der Waals surface area contributed by atoms with Crippen LogP contribution in [0.3, 0.4) is 0 Å². The number of carbonyl (C=O) groups excluding carboxylic acids is 2. The van der Waals surface area contributed by atoms with Gasteiger partial charge < -0.3 is 14.4 Å². The summed E-state index contributed by atoms with van der Waals surface area (Å²) in [5, 5.41) is 0.110. The van der Waals surface area contributed by atoms with Crippen LogP contribution in [0.2, 0.25) is 0 Å². The number of pyridine rings is 1. The van der Waals surface area contributed by atoms with Gasteiger partial charge in [0.15, 0.2) is 5.43 Å². The van der Waals surface area contributed by atoms with Crippen molar-refractivity contribution in [3.63, 3.8) is 0 Å². The molecule has 0 saturated carbocycles. The number of carbonyl (C=O) groups is 2. The highest BCUT2D eigenvalue weighted by atomic mass is 32.2. The minimum Gasteiger partial charge on any atom is -0.342 e. The van der Waals surface area contributed by atoms with E-state index in [1.54, 1.807) is 39.0 Å². The second kappa shape index (κ2) is 8.83. The summed E-state index contributed by atoms with van der Waals surface area (Å²) in [5.41, 5.74) is 2.64. The first kappa shape index (κ1) is 22.0. The molecular weight excluding hydrogens is 454 g/mol. The van der Waals surface area contributed by atoms with Crippen LogP contribution in [-0.4, -0.2) is 52.9 Å². The van der Waals surface area contributed by atoms with Gasteiger partial charge in [-0.15, -0.1) is 23.1 Å². The normalized spacial score (nSPS) is 17.8. The molecule has 1 aromatic carbocycles. The fourth-order valence-corrected chi connectivity index (χ4v) is 6.96. The molecule has 2 aromatic heterocycles. The van der Waals surface area contributed by atoms with Gasteiger partial charge in [-0.1, -0.05) is 12.1 Å². The van der Waals surface area contributed by atoms with E-state index in [4.69, 9.17) is 0 Å². The number of amides is 2. The monoisotopic (exact) mass is 479 g/mol. The van der Waals surface area contributed by atoms with E-state index in [-0.39, 0.29) is 22.1 Å². The Morgan fingerprint density at radius 1 is 1.06 bits per heavy atom. The van der Waals surface area contributed by atoms with Gasteiger partial charge >= 0.3 is 0 Å². The second-order valence-electron chi connectivity index (χ2n) is 8.47. The molecule has 0 aliphatic carbocycles. The smallest absolute Gasteiger partial charge is 0.259 e. The summed E-state index contributed by atoms with van der Waals surface area (Å²) < 4.78 is 2.10. The van der Waals surface area contributed by atoms with Gasteiger partial charge in [-0.3, -0.25) is 14.4 Å². The Balaban J connectivity index is 1.66. The summed E-state index contributed by atoms with van der Waals surface area (Å²) in [4.78, 5) is 45.0. The molecule has 1 atom stereocenters. The molecule has 5 rings (SSSR count). The largest absolute Gasteiger partial charge is 0.342 e. The molecule has 170 valence electrons. The van der Waals surface area contributed by atoms with Crippen LogP contribution in [-0.2, 0) is 11.2 Å². The molecule has 0 N–H and O–H groups in total. The van der Waals surface area contributed by atoms with Crippen molar-refractivity contribution in [2.24, 2.45) is 0 Å². The van der Waals surface area contributed by atoms with Crippen molar-refractivity contribution in [1.82, 2.24) is 14.4 Å². The SMILES string of the molecule is Cc1ccc(C2Cc3c(C(=O)N4CCN(C=O)CC4)c(=O)cc(C)n3-c3ccccc3S2)s1. The first-order valence-corrected chi connectivity index (χ1v) is 12.7. The molecule has 4 heterocycles. The lowest BCUT2D eigenvalue weighted by Crippen LogP contribution is -2.49. The number of para-hydroxylation sites is 1. The predicted octanol–water partition coefficient (Wildman–Crippen LogP) is 3.82. The lowest BCUT2D eigenvalue weighted by molar-refractivity contribution is -0.119. The third-order valence-electron chi connectivity index (χ3n) is 6.29. The zero-order valence-corrected chi connectivity index (χ0v) is 20.2. The van der Waals surface area contributed by atoms with Gasteiger partial charge in [-0.05, 0) is 38.1 Å². The first-order chi connectivity index (χ1) is 16.0. The number of piperazine rings is 1. The highest BCUT2D eigenvalue weighted by Crippen LogP contribution is 2.46. The molecule has 0 radical (unpaired) electrons. The van der Waals surface area contributed by atoms with Gasteiger partial charge in [0, 0.05) is 70.0 Å². The summed E-state index contributed by atoms with van der Waals surface area (Å²) >= 11 is 3.56. The van der Waals surface area contributed by atoms with Crippen LogP contribution in [0.1, 0.15) is 36.8 Å². The lowest BCUT2D eigenvalue weighted by atomic mass is 10.0. The first-order valence-electron chi connectivity index (χ1n) is 11.0. The van der Waals surface area contributed by atoms with Crippen molar-refractivity contribution in [3.05, 3.63) is 79.4 Å². The average molecular weight is 480 g/mol. The fraction of sp³-hybridized carbons (Fsp3) is 0.320. The third kappa shape index (κ3) is 4.02. The molecular formula is C25H25N3O3S2. The van der Waals surface area contributed by atoms with Crippen molar-refractivity contribution in [2.75, 3.05) is 26.2 Å². The van der Waals surface area contributed by atoms with Gasteiger partial charge in [0.2, 0.25) is 6.41 Å². The minimum atomic E-state index is -0.236. The fourth-order valence-electron chi connectivity index (χ4n) is 4.64. The summed E-state index contributed by atoms with van der Waals surface area (Å²) in [6.07, 6.45) is 1.40. The molecule has 3 aromatic rings. The zero-order valence-electron chi connectivity index (χ0n) is 18.6. The summed E-state index contributed by atoms with van der Waals surface area (Å²) in [6, 6.07) is 14.1. The number of hydrogen-bond donors (Lipinski definition) is 0. The van der Waals surface area contributed by atoms with E-state index in [1.165, 1.54) is 9.75 Å². The van der Waals surface area contributed by atoms with Gasteiger partial charge in [0.1, 0.15) is 5.56 Å². The topological polar surface area (TPSA) is 62.6 Å². The number of aromatic nitrogens is 1. The maximum absolute atomic E-state index is 13.7. The molecule has 0 spiro atoms. The Hall–Kier alpha value is -2.84. The predicted molar refractivity (Wildman–Crippen MR) is 132 cm³/mol. The Kier molecular flexibility index (Phi) is 5.88. The van der Waals surface area contributed by atoms with Gasteiger partial charge in [0.05, 0.1) is 5.69 Å². The van der Waals surface area contributed by atoms with Crippen LogP contribution in [0.15, 0.2) is 52.2 Å². The zero-order chi connectivity index (χ0) is 23.1. The van der Waals surface area contributed by atoms with Crippen molar-refractivity contribution in [2.45, 2.75) is 30.4 Å². The highest BCUT2D eigenvalue weighted by molar-refractivity contribution is 7.99. The molecule has 2 aliphatic heterocycles. The van der Waals surface area contributed by atoms with E-state index in [0.29, 0.717) is 32.6 Å². The number of thiophene rings is 1. The molecule has 0 bridgehead atoms. The van der Waals surface area contributed by atoms with Gasteiger partial charge in [-0.2, -0.15) is 0 Å². The van der Waals surface area contributed by atoms with Gasteiger partial charge in [0.25, 0.3) is 5.91 Å². The van der Waals surface area contributed by atoms with E-state index in [1.807, 2.05) is 19.1 Å². The third-order valence-corrected chi connectivity index (χ3v) is 8.86. The molecule has 1 saturated heterocycles. The van der Waals surface area contributed by atoms with Crippen molar-refractivity contribution < 1.29 is 9.59 Å². The van der Waals surface area contributed by atoms with Crippen molar-refractivity contribution in [3.8, 4) is 5.69 Å². The van der Waals surface area contributed by atoms with Crippen LogP contribution in [0.5, 0.6) is 0 Å². The summed E-state index contributed by atoms with van der Waals surface area (Å²) in [5.74, 6) is -0.236. The molecule has 6 nitrogen and oxygen atoms in total. The Morgan fingerprint density at radius 3 is 2.52 bits per heavy atom. The average Bonchev–Trinajstić information content (AvgIpc) is 3.17. The number of fused-ring (bicyclic) bond motifs is 3. The summed E-state index contributed by atoms with van der Waals surface area (Å²) in [7, 11) is 0. The second-order valence-corrected chi connectivity index (χ2v) is 11.0. The van der Waals surface area contributed by atoms with Crippen LogP contribution in [0.4, 0.5) is 0 Å². The molecule has 33 heavy (non-hydrogen) atoms. The van der Waals surface area contributed by atoms with E-state index >= 15 is 0 Å². The Morgan fingerprint density at radius 2 is 1.82 bits per heavy atom. The number of hydrogen-bond acceptors (Lipinski definition) is 5. The van der Waals surface area contributed by atoms with E-state index in [0.717, 1.165) is 28.4 Å². The highest BCUT2D eigenvalue weighted by Gasteiger charge is 2.32. The van der Waals surface area contributed by atoms with E-state index in [9.17, 15) is 14.4 Å². The van der Waals surface area contributed by atoms with Crippen LogP contribution >= 0.6 is 23.1 Å². The van der Waals surface area contributed by atoms with Crippen LogP contribution < -0.4 is 5.43 Å². The van der Waals surface area contributed by atoms with Crippen molar-refractivity contribution in [1.29, 1.82) is 0 Å². The molecule has 1 fully saturated rings. The number of aryl methyl sites for hydroxylation is 2. The Bertz CT molecular complexity index is 1290. The number of rotatable bonds is 3. The lowest BCUT2D eigenvalue weighted by Gasteiger charge is -2.33. The standard InChI is InChI=1S/C25H25N3O3S2/c1-16-13-20(30)24(25(31)27-11-9-26(15-29)10-12-27)19-14-23(22-8-7-17(2)32-22)33-21-6-4-3-5-18(21)28(16)19/h3-8,13,15,23H,9-12,14H2,1-2H3. The van der Waals surface area contributed by atoms with Crippen LogP contribution in [0, 0.1) is 13.8 Å². The van der Waals surface area contributed by atoms with Gasteiger partial charge in [-0.25, -0.2) is 0 Å². The van der Waals surface area contributed by atoms with E-state index < -0.39 is 0 Å². The quantitative estimate of drug-likeness (QED) is 0.536.